The van der Waals surface area contributed by atoms with Crippen molar-refractivity contribution in [2.45, 2.75) is 47.1 Å². The highest BCUT2D eigenvalue weighted by Gasteiger charge is 2.08. The van der Waals surface area contributed by atoms with Gasteiger partial charge in [-0.2, -0.15) is 0 Å². The van der Waals surface area contributed by atoms with Gasteiger partial charge in [0.15, 0.2) is 0 Å². The summed E-state index contributed by atoms with van der Waals surface area (Å²) < 4.78 is 2.19. The highest BCUT2D eigenvalue weighted by atomic mass is 16.3. The lowest BCUT2D eigenvalue weighted by Gasteiger charge is -2.05. The molecule has 0 fully saturated rings. The Hall–Kier alpha value is -1.51. The van der Waals surface area contributed by atoms with E-state index < -0.39 is 0 Å². The fourth-order valence-corrected chi connectivity index (χ4v) is 1.90. The molecule has 0 atom stereocenters. The van der Waals surface area contributed by atoms with E-state index >= 15 is 0 Å². The molecule has 3 nitrogen and oxygen atoms in total. The second kappa shape index (κ2) is 6.28. The van der Waals surface area contributed by atoms with Crippen molar-refractivity contribution in [1.29, 1.82) is 0 Å². The van der Waals surface area contributed by atoms with Crippen LogP contribution in [-0.2, 0) is 13.0 Å². The number of phenols is 1. The Morgan fingerprint density at radius 3 is 2.53 bits per heavy atom. The minimum Gasteiger partial charge on any atom is -0.508 e. The summed E-state index contributed by atoms with van der Waals surface area (Å²) in [5, 5.41) is 9.46. The number of aromatic nitrogens is 2. The number of nitrogens with zero attached hydrogens (tertiary/aromatic N) is 2. The standard InChI is InChI=1S/C12H16N2O.C2H6/c1-3-7-14-11-8-9(15)5-6-10(11)13-12(14)4-2;1-2/h5-6,8,15H,3-4,7H2,1-2H3;1-2H3. The van der Waals surface area contributed by atoms with E-state index in [4.69, 9.17) is 0 Å². The summed E-state index contributed by atoms with van der Waals surface area (Å²) in [5.41, 5.74) is 2.01. The van der Waals surface area contributed by atoms with Crippen molar-refractivity contribution < 1.29 is 5.11 Å². The molecule has 94 valence electrons. The number of fused-ring (bicyclic) bond motifs is 1. The fraction of sp³-hybridized carbons (Fsp3) is 0.500. The van der Waals surface area contributed by atoms with E-state index in [-0.39, 0.29) is 0 Å². The van der Waals surface area contributed by atoms with Crippen molar-refractivity contribution >= 4 is 11.0 Å². The Labute approximate surface area is 103 Å². The van der Waals surface area contributed by atoms with E-state index in [1.54, 1.807) is 12.1 Å². The van der Waals surface area contributed by atoms with Crippen molar-refractivity contribution in [3.8, 4) is 5.75 Å². The molecule has 0 aliphatic heterocycles. The minimum atomic E-state index is 0.308. The van der Waals surface area contributed by atoms with Crippen LogP contribution in [0, 0.1) is 0 Å². The van der Waals surface area contributed by atoms with E-state index in [1.165, 1.54) is 0 Å². The van der Waals surface area contributed by atoms with Crippen LogP contribution < -0.4 is 0 Å². The van der Waals surface area contributed by atoms with Crippen molar-refractivity contribution in [2.75, 3.05) is 0 Å². The molecule has 2 aromatic rings. The van der Waals surface area contributed by atoms with Gasteiger partial charge in [-0.3, -0.25) is 0 Å². The average Bonchev–Trinajstić information content (AvgIpc) is 2.70. The van der Waals surface area contributed by atoms with Gasteiger partial charge in [0.25, 0.3) is 0 Å². The maximum Gasteiger partial charge on any atom is 0.117 e. The normalized spacial score (nSPS) is 10.1. The summed E-state index contributed by atoms with van der Waals surface area (Å²) in [4.78, 5) is 4.54. The summed E-state index contributed by atoms with van der Waals surface area (Å²) >= 11 is 0. The van der Waals surface area contributed by atoms with Gasteiger partial charge in [-0.05, 0) is 18.6 Å². The van der Waals surface area contributed by atoms with Crippen LogP contribution in [0.1, 0.15) is 39.9 Å². The molecule has 0 spiro atoms. The van der Waals surface area contributed by atoms with E-state index in [2.05, 4.69) is 23.4 Å². The van der Waals surface area contributed by atoms with Crippen LogP contribution in [-0.4, -0.2) is 14.7 Å². The monoisotopic (exact) mass is 234 g/mol. The van der Waals surface area contributed by atoms with Gasteiger partial charge < -0.3 is 9.67 Å². The summed E-state index contributed by atoms with van der Waals surface area (Å²) in [6.45, 7) is 9.21. The van der Waals surface area contributed by atoms with E-state index in [1.807, 2.05) is 19.9 Å². The molecule has 2 rings (SSSR count). The van der Waals surface area contributed by atoms with Gasteiger partial charge in [-0.1, -0.05) is 27.7 Å². The van der Waals surface area contributed by atoms with Gasteiger partial charge in [0, 0.05) is 19.0 Å². The third-order valence-electron chi connectivity index (χ3n) is 2.57. The van der Waals surface area contributed by atoms with Crippen molar-refractivity contribution in [3.63, 3.8) is 0 Å². The van der Waals surface area contributed by atoms with Gasteiger partial charge in [0.05, 0.1) is 11.0 Å². The quantitative estimate of drug-likeness (QED) is 0.878. The molecule has 1 heterocycles. The molecular formula is C14H22N2O. The lowest BCUT2D eigenvalue weighted by atomic mass is 10.3. The minimum absolute atomic E-state index is 0.308. The van der Waals surface area contributed by atoms with Gasteiger partial charge in [-0.15, -0.1) is 0 Å². The molecular weight excluding hydrogens is 212 g/mol. The molecule has 0 amide bonds. The number of phenolic OH excluding ortho intramolecular Hbond substituents is 1. The van der Waals surface area contributed by atoms with Gasteiger partial charge in [-0.25, -0.2) is 4.98 Å². The zero-order valence-corrected chi connectivity index (χ0v) is 11.2. The molecule has 1 aromatic carbocycles. The van der Waals surface area contributed by atoms with Gasteiger partial charge in [0.2, 0.25) is 0 Å². The maximum absolute atomic E-state index is 9.46. The molecule has 17 heavy (non-hydrogen) atoms. The average molecular weight is 234 g/mol. The van der Waals surface area contributed by atoms with Crippen LogP contribution in [0.5, 0.6) is 5.75 Å². The molecule has 0 radical (unpaired) electrons. The highest BCUT2D eigenvalue weighted by molar-refractivity contribution is 5.77. The first-order chi connectivity index (χ1) is 8.26. The second-order valence-corrected chi connectivity index (χ2v) is 3.71. The molecule has 0 aliphatic carbocycles. The molecule has 1 N–H and O–H groups in total. The number of rotatable bonds is 3. The van der Waals surface area contributed by atoms with Crippen LogP contribution in [0.4, 0.5) is 0 Å². The van der Waals surface area contributed by atoms with Crippen LogP contribution in [0.15, 0.2) is 18.2 Å². The first-order valence-electron chi connectivity index (χ1n) is 6.44. The molecule has 3 heteroatoms. The first kappa shape index (κ1) is 13.6. The molecule has 0 aliphatic rings. The van der Waals surface area contributed by atoms with Gasteiger partial charge >= 0.3 is 0 Å². The summed E-state index contributed by atoms with van der Waals surface area (Å²) in [5.74, 6) is 1.40. The SMILES string of the molecule is CC.CCCn1c(CC)nc2ccc(O)cc21. The van der Waals surface area contributed by atoms with Crippen molar-refractivity contribution in [2.24, 2.45) is 0 Å². The highest BCUT2D eigenvalue weighted by Crippen LogP contribution is 2.21. The lowest BCUT2D eigenvalue weighted by molar-refractivity contribution is 0.475. The zero-order chi connectivity index (χ0) is 12.8. The molecule has 0 saturated heterocycles. The van der Waals surface area contributed by atoms with E-state index in [0.29, 0.717) is 5.75 Å². The first-order valence-corrected chi connectivity index (χ1v) is 6.44. The molecule has 0 unspecified atom stereocenters. The van der Waals surface area contributed by atoms with Crippen molar-refractivity contribution in [1.82, 2.24) is 9.55 Å². The Morgan fingerprint density at radius 2 is 1.94 bits per heavy atom. The maximum atomic E-state index is 9.46. The molecule has 1 aromatic heterocycles. The Bertz CT molecular complexity index is 474. The summed E-state index contributed by atoms with van der Waals surface area (Å²) in [6.07, 6.45) is 2.00. The van der Waals surface area contributed by atoms with Crippen LogP contribution >= 0.6 is 0 Å². The Kier molecular flexibility index (Phi) is 5.01. The number of hydrogen-bond donors (Lipinski definition) is 1. The predicted octanol–water partition coefficient (Wildman–Crippen LogP) is 3.74. The largest absolute Gasteiger partial charge is 0.508 e. The topological polar surface area (TPSA) is 38.0 Å². The summed E-state index contributed by atoms with van der Waals surface area (Å²) in [7, 11) is 0. The van der Waals surface area contributed by atoms with Crippen molar-refractivity contribution in [3.05, 3.63) is 24.0 Å². The third kappa shape index (κ3) is 2.78. The second-order valence-electron chi connectivity index (χ2n) is 3.71. The zero-order valence-electron chi connectivity index (χ0n) is 11.2. The third-order valence-corrected chi connectivity index (χ3v) is 2.57. The van der Waals surface area contributed by atoms with Crippen LogP contribution in [0.25, 0.3) is 11.0 Å². The van der Waals surface area contributed by atoms with E-state index in [0.717, 1.165) is 36.2 Å². The van der Waals surface area contributed by atoms with Crippen LogP contribution in [0.3, 0.4) is 0 Å². The number of aryl methyl sites for hydroxylation is 2. The van der Waals surface area contributed by atoms with Gasteiger partial charge in [0.1, 0.15) is 11.6 Å². The Balaban J connectivity index is 0.000000686. The predicted molar refractivity (Wildman–Crippen MR) is 72.4 cm³/mol. The number of imidazole rings is 1. The number of aromatic hydroxyl groups is 1. The molecule has 0 saturated carbocycles. The number of hydrogen-bond acceptors (Lipinski definition) is 2. The summed E-state index contributed by atoms with van der Waals surface area (Å²) in [6, 6.07) is 5.35. The Morgan fingerprint density at radius 1 is 1.24 bits per heavy atom. The van der Waals surface area contributed by atoms with E-state index in [9.17, 15) is 5.11 Å². The smallest absolute Gasteiger partial charge is 0.117 e. The van der Waals surface area contributed by atoms with Crippen LogP contribution in [0.2, 0.25) is 0 Å². The molecule has 0 bridgehead atoms. The lowest BCUT2D eigenvalue weighted by Crippen LogP contribution is -2.01. The fourth-order valence-electron chi connectivity index (χ4n) is 1.90. The number of benzene rings is 1.